The minimum absolute atomic E-state index is 0.0361. The molecule has 2 aromatic carbocycles. The summed E-state index contributed by atoms with van der Waals surface area (Å²) in [6, 6.07) is 9.22. The normalized spacial score (nSPS) is 14.2. The Hall–Kier alpha value is -2.83. The topological polar surface area (TPSA) is 49.4 Å². The van der Waals surface area contributed by atoms with Crippen LogP contribution >= 0.6 is 0 Å². The van der Waals surface area contributed by atoms with Crippen molar-refractivity contribution in [3.8, 4) is 0 Å². The summed E-state index contributed by atoms with van der Waals surface area (Å²) in [5.41, 5.74) is 1.60. The number of rotatable bonds is 2. The highest BCUT2D eigenvalue weighted by atomic mass is 19.4. The Morgan fingerprint density at radius 3 is 2.40 bits per heavy atom. The Kier molecular flexibility index (Phi) is 4.24. The van der Waals surface area contributed by atoms with Crippen LogP contribution in [0, 0.1) is 0 Å². The highest BCUT2D eigenvalue weighted by molar-refractivity contribution is 6.04. The standard InChI is InChI=1S/C18H15F3N2O2/c1-23-15-8-7-14(10-12(15)4-9-16(23)24)22-17(25)11-2-5-13(6-3-11)18(19,20)21/h2-3,5-8,10H,4,9H2,1H3,(H,22,25). The zero-order chi connectivity index (χ0) is 18.2. The van der Waals surface area contributed by atoms with Crippen LogP contribution in [0.5, 0.6) is 0 Å². The number of anilines is 2. The lowest BCUT2D eigenvalue weighted by Crippen LogP contribution is -2.31. The molecule has 0 saturated heterocycles. The molecule has 0 spiro atoms. The highest BCUT2D eigenvalue weighted by Crippen LogP contribution is 2.30. The molecule has 4 nitrogen and oxygen atoms in total. The molecule has 1 N–H and O–H groups in total. The van der Waals surface area contributed by atoms with Gasteiger partial charge in [-0.15, -0.1) is 0 Å². The summed E-state index contributed by atoms with van der Waals surface area (Å²) in [6.07, 6.45) is -3.45. The molecule has 0 bridgehead atoms. The van der Waals surface area contributed by atoms with E-state index in [0.29, 0.717) is 18.5 Å². The molecular weight excluding hydrogens is 333 g/mol. The van der Waals surface area contributed by atoms with Crippen LogP contribution in [0.15, 0.2) is 42.5 Å². The van der Waals surface area contributed by atoms with Crippen molar-refractivity contribution in [1.82, 2.24) is 0 Å². The summed E-state index contributed by atoms with van der Waals surface area (Å²) in [5.74, 6) is -0.456. The Bertz CT molecular complexity index is 829. The monoisotopic (exact) mass is 348 g/mol. The number of halogens is 3. The predicted molar refractivity (Wildman–Crippen MR) is 87.6 cm³/mol. The molecule has 0 radical (unpaired) electrons. The molecule has 1 aliphatic rings. The molecule has 1 aliphatic heterocycles. The summed E-state index contributed by atoms with van der Waals surface area (Å²) >= 11 is 0. The number of alkyl halides is 3. The van der Waals surface area contributed by atoms with E-state index in [2.05, 4.69) is 5.32 Å². The molecule has 130 valence electrons. The molecule has 0 atom stereocenters. The Morgan fingerprint density at radius 2 is 1.76 bits per heavy atom. The first-order chi connectivity index (χ1) is 11.8. The van der Waals surface area contributed by atoms with Crippen molar-refractivity contribution in [2.24, 2.45) is 0 Å². The second kappa shape index (κ2) is 6.23. The van der Waals surface area contributed by atoms with Gasteiger partial charge in [-0.3, -0.25) is 9.59 Å². The molecule has 3 rings (SSSR count). The van der Waals surface area contributed by atoms with E-state index in [1.165, 1.54) is 0 Å². The lowest BCUT2D eigenvalue weighted by Gasteiger charge is -2.26. The molecule has 1 heterocycles. The average molecular weight is 348 g/mol. The van der Waals surface area contributed by atoms with E-state index in [9.17, 15) is 22.8 Å². The molecule has 25 heavy (non-hydrogen) atoms. The van der Waals surface area contributed by atoms with Crippen LogP contribution in [-0.4, -0.2) is 18.9 Å². The number of nitrogens with one attached hydrogen (secondary N) is 1. The fourth-order valence-corrected chi connectivity index (χ4v) is 2.75. The van der Waals surface area contributed by atoms with E-state index in [4.69, 9.17) is 0 Å². The second-order valence-corrected chi connectivity index (χ2v) is 5.83. The lowest BCUT2D eigenvalue weighted by molar-refractivity contribution is -0.137. The van der Waals surface area contributed by atoms with Crippen molar-refractivity contribution in [1.29, 1.82) is 0 Å². The molecular formula is C18H15F3N2O2. The molecule has 2 aromatic rings. The van der Waals surface area contributed by atoms with Crippen molar-refractivity contribution in [2.75, 3.05) is 17.3 Å². The Morgan fingerprint density at radius 1 is 1.08 bits per heavy atom. The largest absolute Gasteiger partial charge is 0.416 e. The van der Waals surface area contributed by atoms with Gasteiger partial charge in [0.25, 0.3) is 5.91 Å². The smallest absolute Gasteiger partial charge is 0.322 e. The van der Waals surface area contributed by atoms with Crippen LogP contribution in [-0.2, 0) is 17.4 Å². The first-order valence-electron chi connectivity index (χ1n) is 7.64. The third-order valence-corrected chi connectivity index (χ3v) is 4.16. The molecule has 0 saturated carbocycles. The van der Waals surface area contributed by atoms with Gasteiger partial charge in [-0.25, -0.2) is 0 Å². The summed E-state index contributed by atoms with van der Waals surface area (Å²) in [7, 11) is 1.70. The van der Waals surface area contributed by atoms with Crippen molar-refractivity contribution in [3.63, 3.8) is 0 Å². The first-order valence-corrected chi connectivity index (χ1v) is 7.64. The van der Waals surface area contributed by atoms with Crippen molar-refractivity contribution < 1.29 is 22.8 Å². The fraction of sp³-hybridized carbons (Fsp3) is 0.222. The van der Waals surface area contributed by atoms with Crippen LogP contribution < -0.4 is 10.2 Å². The third kappa shape index (κ3) is 3.50. The SMILES string of the molecule is CN1C(=O)CCc2cc(NC(=O)c3ccc(C(F)(F)F)cc3)ccc21. The molecule has 2 amide bonds. The maximum Gasteiger partial charge on any atom is 0.416 e. The molecule has 0 unspecified atom stereocenters. The third-order valence-electron chi connectivity index (χ3n) is 4.16. The van der Waals surface area contributed by atoms with Crippen molar-refractivity contribution in [2.45, 2.75) is 19.0 Å². The quantitative estimate of drug-likeness (QED) is 0.896. The Balaban J connectivity index is 1.76. The van der Waals surface area contributed by atoms with E-state index in [-0.39, 0.29) is 11.5 Å². The van der Waals surface area contributed by atoms with Gasteiger partial charge in [-0.2, -0.15) is 13.2 Å². The van der Waals surface area contributed by atoms with Crippen molar-refractivity contribution in [3.05, 3.63) is 59.2 Å². The maximum absolute atomic E-state index is 12.6. The maximum atomic E-state index is 12.6. The number of aryl methyl sites for hydroxylation is 1. The van der Waals surface area contributed by atoms with Gasteiger partial charge >= 0.3 is 6.18 Å². The molecule has 0 aromatic heterocycles. The molecule has 0 aliphatic carbocycles. The van der Waals surface area contributed by atoms with Crippen LogP contribution in [0.3, 0.4) is 0 Å². The number of hydrogen-bond donors (Lipinski definition) is 1. The van der Waals surface area contributed by atoms with E-state index < -0.39 is 17.6 Å². The van der Waals surface area contributed by atoms with Crippen LogP contribution in [0.25, 0.3) is 0 Å². The number of fused-ring (bicyclic) bond motifs is 1. The fourth-order valence-electron chi connectivity index (χ4n) is 2.75. The first kappa shape index (κ1) is 17.0. The highest BCUT2D eigenvalue weighted by Gasteiger charge is 2.30. The van der Waals surface area contributed by atoms with Crippen LogP contribution in [0.2, 0.25) is 0 Å². The molecule has 0 fully saturated rings. The van der Waals surface area contributed by atoms with E-state index in [1.807, 2.05) is 0 Å². The predicted octanol–water partition coefficient (Wildman–Crippen LogP) is 3.87. The van der Waals surface area contributed by atoms with Gasteiger partial charge in [0.05, 0.1) is 5.56 Å². The van der Waals surface area contributed by atoms with Gasteiger partial charge in [-0.05, 0) is 54.4 Å². The van der Waals surface area contributed by atoms with Gasteiger partial charge in [-0.1, -0.05) is 0 Å². The van der Waals surface area contributed by atoms with Gasteiger partial charge in [0.2, 0.25) is 5.91 Å². The van der Waals surface area contributed by atoms with E-state index >= 15 is 0 Å². The molecule has 7 heteroatoms. The minimum Gasteiger partial charge on any atom is -0.322 e. The number of nitrogens with zero attached hydrogens (tertiary/aromatic N) is 1. The van der Waals surface area contributed by atoms with E-state index in [0.717, 1.165) is 35.5 Å². The number of benzene rings is 2. The zero-order valence-electron chi connectivity index (χ0n) is 13.4. The van der Waals surface area contributed by atoms with Gasteiger partial charge in [0.1, 0.15) is 0 Å². The Labute approximate surface area is 142 Å². The van der Waals surface area contributed by atoms with Gasteiger partial charge in [0.15, 0.2) is 0 Å². The van der Waals surface area contributed by atoms with Gasteiger partial charge < -0.3 is 10.2 Å². The zero-order valence-corrected chi connectivity index (χ0v) is 13.4. The number of carbonyl (C=O) groups is 2. The summed E-state index contributed by atoms with van der Waals surface area (Å²) in [5, 5.41) is 2.67. The summed E-state index contributed by atoms with van der Waals surface area (Å²) in [6.45, 7) is 0. The number of hydrogen-bond acceptors (Lipinski definition) is 2. The lowest BCUT2D eigenvalue weighted by atomic mass is 10.0. The average Bonchev–Trinajstić information content (AvgIpc) is 2.57. The minimum atomic E-state index is -4.43. The number of amides is 2. The van der Waals surface area contributed by atoms with E-state index in [1.54, 1.807) is 30.1 Å². The van der Waals surface area contributed by atoms with Crippen LogP contribution in [0.1, 0.15) is 27.9 Å². The van der Waals surface area contributed by atoms with Crippen molar-refractivity contribution >= 4 is 23.2 Å². The summed E-state index contributed by atoms with van der Waals surface area (Å²) in [4.78, 5) is 25.5. The second-order valence-electron chi connectivity index (χ2n) is 5.83. The van der Waals surface area contributed by atoms with Gasteiger partial charge in [0, 0.05) is 30.4 Å². The van der Waals surface area contributed by atoms with Crippen LogP contribution in [0.4, 0.5) is 24.5 Å². The summed E-state index contributed by atoms with van der Waals surface area (Å²) < 4.78 is 37.7. The number of carbonyl (C=O) groups excluding carboxylic acids is 2.